The van der Waals surface area contributed by atoms with Gasteiger partial charge in [0.25, 0.3) is 0 Å². The summed E-state index contributed by atoms with van der Waals surface area (Å²) in [6, 6.07) is 7.06. The van der Waals surface area contributed by atoms with Crippen LogP contribution in [0.1, 0.15) is 6.42 Å². The van der Waals surface area contributed by atoms with Crippen LogP contribution < -0.4 is 4.72 Å². The zero-order valence-electron chi connectivity index (χ0n) is 7.98. The van der Waals surface area contributed by atoms with E-state index >= 15 is 0 Å². The molecule has 0 saturated heterocycles. The third-order valence-corrected chi connectivity index (χ3v) is 3.78. The predicted octanol–water partition coefficient (Wildman–Crippen LogP) is 1.42. The molecule has 1 aromatic carbocycles. The average Bonchev–Trinajstić information content (AvgIpc) is 2.18. The van der Waals surface area contributed by atoms with Crippen molar-refractivity contribution in [1.29, 1.82) is 0 Å². The standard InChI is InChI=1S/C9H12INO3S/c10-8-2-4-9(5-3-8)11-15(13,14)7-1-6-12/h2-5,11-12H,1,6-7H2. The SMILES string of the molecule is O=S(=O)(CCCO)Nc1ccc(I)cc1. The second kappa shape index (κ2) is 5.66. The van der Waals surface area contributed by atoms with E-state index in [1.54, 1.807) is 12.1 Å². The lowest BCUT2D eigenvalue weighted by atomic mass is 10.3. The fourth-order valence-corrected chi connectivity index (χ4v) is 2.47. The lowest BCUT2D eigenvalue weighted by molar-refractivity contribution is 0.295. The number of aliphatic hydroxyl groups excluding tert-OH is 1. The molecule has 15 heavy (non-hydrogen) atoms. The Hall–Kier alpha value is -0.340. The van der Waals surface area contributed by atoms with E-state index < -0.39 is 10.0 Å². The van der Waals surface area contributed by atoms with Crippen molar-refractivity contribution < 1.29 is 13.5 Å². The molecule has 0 aliphatic rings. The number of hydrogen-bond donors (Lipinski definition) is 2. The Balaban J connectivity index is 2.65. The Morgan fingerprint density at radius 3 is 2.40 bits per heavy atom. The van der Waals surface area contributed by atoms with Crippen molar-refractivity contribution in [3.8, 4) is 0 Å². The van der Waals surface area contributed by atoms with Gasteiger partial charge in [0.1, 0.15) is 0 Å². The smallest absolute Gasteiger partial charge is 0.232 e. The molecule has 0 aliphatic heterocycles. The molecule has 0 unspecified atom stereocenters. The highest BCUT2D eigenvalue weighted by Gasteiger charge is 2.09. The van der Waals surface area contributed by atoms with E-state index in [0.717, 1.165) is 3.57 Å². The molecule has 0 radical (unpaired) electrons. The number of hydrogen-bond acceptors (Lipinski definition) is 3. The first-order chi connectivity index (χ1) is 7.03. The van der Waals surface area contributed by atoms with Crippen molar-refractivity contribution >= 4 is 38.3 Å². The molecule has 1 aromatic rings. The van der Waals surface area contributed by atoms with E-state index in [1.165, 1.54) is 0 Å². The van der Waals surface area contributed by atoms with E-state index in [0.29, 0.717) is 5.69 Å². The van der Waals surface area contributed by atoms with Crippen molar-refractivity contribution in [2.45, 2.75) is 6.42 Å². The van der Waals surface area contributed by atoms with E-state index in [9.17, 15) is 8.42 Å². The topological polar surface area (TPSA) is 66.4 Å². The second-order valence-corrected chi connectivity index (χ2v) is 6.09. The highest BCUT2D eigenvalue weighted by atomic mass is 127. The lowest BCUT2D eigenvalue weighted by Gasteiger charge is -2.06. The van der Waals surface area contributed by atoms with Gasteiger partial charge in [0.15, 0.2) is 0 Å². The maximum atomic E-state index is 11.4. The van der Waals surface area contributed by atoms with Crippen LogP contribution in [0.2, 0.25) is 0 Å². The second-order valence-electron chi connectivity index (χ2n) is 3.00. The molecular formula is C9H12INO3S. The molecule has 0 saturated carbocycles. The van der Waals surface area contributed by atoms with Gasteiger partial charge in [0.2, 0.25) is 10.0 Å². The number of benzene rings is 1. The molecule has 0 spiro atoms. The van der Waals surface area contributed by atoms with Gasteiger partial charge in [-0.1, -0.05) is 0 Å². The van der Waals surface area contributed by atoms with E-state index in [-0.39, 0.29) is 18.8 Å². The quantitative estimate of drug-likeness (QED) is 0.796. The molecule has 6 heteroatoms. The van der Waals surface area contributed by atoms with Gasteiger partial charge in [0.05, 0.1) is 5.75 Å². The highest BCUT2D eigenvalue weighted by Crippen LogP contribution is 2.12. The number of aliphatic hydroxyl groups is 1. The van der Waals surface area contributed by atoms with Crippen LogP contribution in [0, 0.1) is 3.57 Å². The van der Waals surface area contributed by atoms with E-state index in [2.05, 4.69) is 27.3 Å². The summed E-state index contributed by atoms with van der Waals surface area (Å²) in [5.74, 6) is -0.0600. The zero-order chi connectivity index (χ0) is 11.3. The van der Waals surface area contributed by atoms with Crippen molar-refractivity contribution in [1.82, 2.24) is 0 Å². The average molecular weight is 341 g/mol. The third kappa shape index (κ3) is 4.80. The Morgan fingerprint density at radius 1 is 1.27 bits per heavy atom. The zero-order valence-corrected chi connectivity index (χ0v) is 11.0. The summed E-state index contributed by atoms with van der Waals surface area (Å²) in [5.41, 5.74) is 0.549. The summed E-state index contributed by atoms with van der Waals surface area (Å²) >= 11 is 2.15. The molecule has 2 N–H and O–H groups in total. The Morgan fingerprint density at radius 2 is 1.87 bits per heavy atom. The maximum Gasteiger partial charge on any atom is 0.232 e. The fourth-order valence-electron chi connectivity index (χ4n) is 1.00. The molecule has 0 aromatic heterocycles. The Bertz CT molecular complexity index is 402. The molecule has 0 fully saturated rings. The van der Waals surface area contributed by atoms with Crippen LogP contribution in [0.3, 0.4) is 0 Å². The summed E-state index contributed by atoms with van der Waals surface area (Å²) in [6.07, 6.45) is 0.250. The van der Waals surface area contributed by atoms with Crippen LogP contribution >= 0.6 is 22.6 Å². The molecule has 0 aliphatic carbocycles. The third-order valence-electron chi connectivity index (χ3n) is 1.69. The van der Waals surface area contributed by atoms with E-state index in [4.69, 9.17) is 5.11 Å². The lowest BCUT2D eigenvalue weighted by Crippen LogP contribution is -2.17. The summed E-state index contributed by atoms with van der Waals surface area (Å²) in [6.45, 7) is -0.117. The molecule has 84 valence electrons. The number of sulfonamides is 1. The summed E-state index contributed by atoms with van der Waals surface area (Å²) in [7, 11) is -3.32. The number of rotatable bonds is 5. The number of halogens is 1. The Kier molecular flexibility index (Phi) is 4.81. The van der Waals surface area contributed by atoms with Crippen LogP contribution in [0.4, 0.5) is 5.69 Å². The number of nitrogens with one attached hydrogen (secondary N) is 1. The fraction of sp³-hybridized carbons (Fsp3) is 0.333. The minimum Gasteiger partial charge on any atom is -0.396 e. The van der Waals surface area contributed by atoms with Gasteiger partial charge in [-0.25, -0.2) is 8.42 Å². The molecular weight excluding hydrogens is 329 g/mol. The first kappa shape index (κ1) is 12.7. The summed E-state index contributed by atoms with van der Waals surface area (Å²) in [5, 5.41) is 8.54. The van der Waals surface area contributed by atoms with Crippen molar-refractivity contribution in [3.05, 3.63) is 27.8 Å². The first-order valence-electron chi connectivity index (χ1n) is 4.40. The largest absolute Gasteiger partial charge is 0.396 e. The van der Waals surface area contributed by atoms with Gasteiger partial charge >= 0.3 is 0 Å². The highest BCUT2D eigenvalue weighted by molar-refractivity contribution is 14.1. The van der Waals surface area contributed by atoms with Crippen molar-refractivity contribution in [2.24, 2.45) is 0 Å². The Labute approximate surface area is 103 Å². The normalized spacial score (nSPS) is 11.3. The van der Waals surface area contributed by atoms with E-state index in [1.807, 2.05) is 12.1 Å². The molecule has 0 bridgehead atoms. The first-order valence-corrected chi connectivity index (χ1v) is 7.13. The van der Waals surface area contributed by atoms with Crippen LogP contribution in [0.25, 0.3) is 0 Å². The molecule has 0 amide bonds. The van der Waals surface area contributed by atoms with Crippen LogP contribution in [0.5, 0.6) is 0 Å². The van der Waals surface area contributed by atoms with Crippen LogP contribution in [-0.2, 0) is 10.0 Å². The summed E-state index contributed by atoms with van der Waals surface area (Å²) < 4.78 is 26.3. The monoisotopic (exact) mass is 341 g/mol. The predicted molar refractivity (Wildman–Crippen MR) is 68.3 cm³/mol. The van der Waals surface area contributed by atoms with Crippen LogP contribution in [0.15, 0.2) is 24.3 Å². The molecule has 4 nitrogen and oxygen atoms in total. The molecule has 0 heterocycles. The van der Waals surface area contributed by atoms with Crippen molar-refractivity contribution in [2.75, 3.05) is 17.1 Å². The maximum absolute atomic E-state index is 11.4. The summed E-state index contributed by atoms with van der Waals surface area (Å²) in [4.78, 5) is 0. The van der Waals surface area contributed by atoms with Gasteiger partial charge in [-0.05, 0) is 53.3 Å². The minimum absolute atomic E-state index is 0.0600. The van der Waals surface area contributed by atoms with Gasteiger partial charge in [-0.3, -0.25) is 4.72 Å². The van der Waals surface area contributed by atoms with Crippen LogP contribution in [-0.4, -0.2) is 25.9 Å². The number of anilines is 1. The molecule has 1 rings (SSSR count). The van der Waals surface area contributed by atoms with Crippen molar-refractivity contribution in [3.63, 3.8) is 0 Å². The van der Waals surface area contributed by atoms with Gasteiger partial charge in [-0.15, -0.1) is 0 Å². The van der Waals surface area contributed by atoms with Gasteiger partial charge < -0.3 is 5.11 Å². The van der Waals surface area contributed by atoms with Gasteiger partial charge in [0, 0.05) is 15.9 Å². The minimum atomic E-state index is -3.32. The van der Waals surface area contributed by atoms with Gasteiger partial charge in [-0.2, -0.15) is 0 Å². The molecule has 0 atom stereocenters.